The number of sulfone groups is 1. The number of nitrogens with two attached hydrogens (primary N) is 1. The van der Waals surface area contributed by atoms with Gasteiger partial charge in [-0.3, -0.25) is 9.22 Å². The van der Waals surface area contributed by atoms with Gasteiger partial charge in [-0.1, -0.05) is 0 Å². The largest absolute Gasteiger partial charge is 1.00 e. The molecule has 0 aliphatic carbocycles. The van der Waals surface area contributed by atoms with Crippen LogP contribution in [-0.2, 0) is 43.6 Å². The van der Waals surface area contributed by atoms with Gasteiger partial charge in [0.05, 0.1) is 47.4 Å². The second-order valence-electron chi connectivity index (χ2n) is 7.81. The van der Waals surface area contributed by atoms with Crippen molar-refractivity contribution in [1.82, 2.24) is 0 Å². The number of phenolic OH excluding ortho intramolecular Hbond substituents is 1. The minimum Gasteiger partial charge on any atom is -0.744 e. The first kappa shape index (κ1) is 50.2. The molecule has 0 fully saturated rings. The molecule has 0 aromatic heterocycles. The average Bonchev–Trinajstić information content (AvgIpc) is 2.95. The molecule has 0 spiro atoms. The van der Waals surface area contributed by atoms with Crippen molar-refractivity contribution < 1.29 is 156 Å². The Morgan fingerprint density at radius 2 is 1.47 bits per heavy atom. The van der Waals surface area contributed by atoms with E-state index < -0.39 is 74.7 Å². The van der Waals surface area contributed by atoms with Crippen molar-refractivity contribution in [1.29, 1.82) is 0 Å². The van der Waals surface area contributed by atoms with Gasteiger partial charge in [-0.25, -0.2) is 25.3 Å². The summed E-state index contributed by atoms with van der Waals surface area (Å²) >= 11 is 4.35. The normalized spacial score (nSPS) is 11.5. The number of anilines is 1. The molecule has 0 aliphatic heterocycles. The monoisotopic (exact) mass is 991 g/mol. The zero-order chi connectivity index (χ0) is 33.5. The van der Waals surface area contributed by atoms with Gasteiger partial charge >= 0.3 is 88.7 Å². The summed E-state index contributed by atoms with van der Waals surface area (Å²) in [6, 6.07) is 4.03. The van der Waals surface area contributed by atoms with Crippen LogP contribution in [0.3, 0.4) is 0 Å². The van der Waals surface area contributed by atoms with Crippen molar-refractivity contribution in [2.75, 3.05) is 32.3 Å². The van der Waals surface area contributed by atoms with Gasteiger partial charge < -0.3 is 34.7 Å². The fraction of sp³-hybridized carbons (Fsp3) is 0.200. The number of hydrogen-bond donors (Lipinski definition) is 2. The Labute approximate surface area is 363 Å². The Kier molecular flexibility index (Phi) is 23.8. The van der Waals surface area contributed by atoms with Gasteiger partial charge in [0.15, 0.2) is 22.2 Å². The summed E-state index contributed by atoms with van der Waals surface area (Å²) in [5.41, 5.74) is 4.28. The number of benzene rings is 3. The number of azo groups is 1. The van der Waals surface area contributed by atoms with Crippen LogP contribution in [0.25, 0.3) is 10.8 Å². The number of aromatic hydroxyl groups is 1. The summed E-state index contributed by atoms with van der Waals surface area (Å²) in [5.74, 6) is -1.92. The predicted molar refractivity (Wildman–Crippen MR) is 165 cm³/mol. The van der Waals surface area contributed by atoms with E-state index in [1.807, 2.05) is 0 Å². The second-order valence-corrected chi connectivity index (χ2v) is 13.1. The van der Waals surface area contributed by atoms with Crippen molar-refractivity contribution in [3.05, 3.63) is 30.3 Å². The van der Waals surface area contributed by atoms with E-state index in [9.17, 15) is 44.7 Å². The van der Waals surface area contributed by atoms with Crippen LogP contribution in [0.2, 0.25) is 0 Å². The molecule has 0 saturated heterocycles. The minimum absolute atomic E-state index is 0. The van der Waals surface area contributed by atoms with Crippen LogP contribution < -0.4 is 109 Å². The number of phenols is 1. The molecule has 0 aliphatic rings. The van der Waals surface area contributed by atoms with E-state index in [4.69, 9.17) is 19.4 Å². The Bertz CT molecular complexity index is 1890. The van der Waals surface area contributed by atoms with E-state index in [2.05, 4.69) is 56.8 Å². The van der Waals surface area contributed by atoms with Crippen molar-refractivity contribution in [3.8, 4) is 17.2 Å². The van der Waals surface area contributed by atoms with Crippen molar-refractivity contribution in [2.24, 2.45) is 10.2 Å². The summed E-state index contributed by atoms with van der Waals surface area (Å²) in [5, 5.41) is 30.3. The fourth-order valence-electron chi connectivity index (χ4n) is 3.52. The number of nitrogens with zero attached hydrogens (tertiary/aromatic N) is 2. The summed E-state index contributed by atoms with van der Waals surface area (Å²) in [6.45, 7) is -0.437. The maximum atomic E-state index is 12.9. The first-order valence-corrected chi connectivity index (χ1v) is 22.3. The molecular formula is C20H18I2N3Na3O15S4. The second kappa shape index (κ2) is 22.3. The maximum Gasteiger partial charge on any atom is 1.00 e. The van der Waals surface area contributed by atoms with E-state index in [1.54, 1.807) is 0 Å². The number of nitrogen functional groups attached to an aromatic ring is 1. The molecule has 3 N–H and O–H groups in total. The standard InChI is InChI=1S/C20H21N3O15S4.I2.3Na/c1-34-14-9-16(40(26,27)4-3-36-39-38-37-25)15(35-2)8-12(14)22-23-20-18-10(6-17(19(20)21)42(31,32)33)5-11(7-13(18)24)41(28,29)30;1-2;;;/h5-9,24-25H,3-4,21H2,1-2H3,(H,28,29,30)(H,31,32,33);;;;/q;;3*+1/p-3. The SMILES string of the molecule is COc1cc(S(=O)(=O)CCOSOO[O-])c(OC)cc1N=Nc1c(N)c(S(=O)(=O)[O-])cc2cc(S(=O)(=O)[O-])cc(O)c12.II.[Na+].[Na+].[Na+]. The molecule has 27 heteroatoms. The number of halogens is 2. The molecule has 47 heavy (non-hydrogen) atoms. The quantitative estimate of drug-likeness (QED) is 0.0185. The van der Waals surface area contributed by atoms with Gasteiger partial charge in [-0.15, -0.1) is 14.6 Å². The third kappa shape index (κ3) is 13.6. The predicted octanol–water partition coefficient (Wildman–Crippen LogP) is -6.27. The molecule has 3 aromatic carbocycles. The Morgan fingerprint density at radius 1 is 0.872 bits per heavy atom. The molecule has 18 nitrogen and oxygen atoms in total. The Morgan fingerprint density at radius 3 is 1.98 bits per heavy atom. The number of methoxy groups -OCH3 is 2. The van der Waals surface area contributed by atoms with Crippen molar-refractivity contribution in [3.63, 3.8) is 0 Å². The molecule has 0 bridgehead atoms. The number of hydrogen-bond acceptors (Lipinski definition) is 19. The molecule has 0 atom stereocenters. The summed E-state index contributed by atoms with van der Waals surface area (Å²) in [7, 11) is -12.2. The van der Waals surface area contributed by atoms with Crippen LogP contribution >= 0.6 is 49.6 Å². The Balaban J connectivity index is 0. The third-order valence-electron chi connectivity index (χ3n) is 5.32. The first-order valence-electron chi connectivity index (χ1n) is 10.9. The van der Waals surface area contributed by atoms with Crippen LogP contribution in [0.5, 0.6) is 17.2 Å². The number of ether oxygens (including phenoxy) is 2. The topological polar surface area (TPSA) is 289 Å². The van der Waals surface area contributed by atoms with Crippen LogP contribution in [0.4, 0.5) is 17.1 Å². The summed E-state index contributed by atoms with van der Waals surface area (Å²) in [6.07, 6.45) is 0. The third-order valence-corrected chi connectivity index (χ3v) is 9.08. The molecule has 3 aromatic rings. The smallest absolute Gasteiger partial charge is 0.744 e. The number of rotatable bonds is 13. The molecule has 3 rings (SSSR count). The molecule has 0 amide bonds. The van der Waals surface area contributed by atoms with E-state index in [-0.39, 0.29) is 128 Å². The molecule has 0 unspecified atom stereocenters. The van der Waals surface area contributed by atoms with Gasteiger partial charge in [0.1, 0.15) is 53.8 Å². The first-order chi connectivity index (χ1) is 20.5. The van der Waals surface area contributed by atoms with Gasteiger partial charge in [0.2, 0.25) is 0 Å². The molecule has 244 valence electrons. The maximum absolute atomic E-state index is 12.9. The van der Waals surface area contributed by atoms with Crippen LogP contribution in [0.15, 0.2) is 55.2 Å². The van der Waals surface area contributed by atoms with Gasteiger partial charge in [-0.05, 0) is 23.6 Å². The average molecular weight is 991 g/mol. The minimum atomic E-state index is -5.29. The van der Waals surface area contributed by atoms with Crippen LogP contribution in [0.1, 0.15) is 0 Å². The van der Waals surface area contributed by atoms with Crippen molar-refractivity contribution >= 4 is 107 Å². The molecule has 0 radical (unpaired) electrons. The number of fused-ring (bicyclic) bond motifs is 1. The van der Waals surface area contributed by atoms with Crippen LogP contribution in [0, 0.1) is 0 Å². The molecule has 0 saturated carbocycles. The van der Waals surface area contributed by atoms with E-state index in [0.29, 0.717) is 18.2 Å². The zero-order valence-electron chi connectivity index (χ0n) is 24.8. The molecular weight excluding hydrogens is 973 g/mol. The van der Waals surface area contributed by atoms with Gasteiger partial charge in [0, 0.05) is 49.4 Å². The fourth-order valence-corrected chi connectivity index (χ4v) is 6.26. The Hall–Kier alpha value is 1.14. The summed E-state index contributed by atoms with van der Waals surface area (Å²) < 4.78 is 115. The summed E-state index contributed by atoms with van der Waals surface area (Å²) in [4.78, 5) is -2.36. The molecule has 0 heterocycles. The van der Waals surface area contributed by atoms with Gasteiger partial charge in [0.25, 0.3) is 0 Å². The van der Waals surface area contributed by atoms with E-state index >= 15 is 0 Å². The van der Waals surface area contributed by atoms with E-state index in [0.717, 1.165) is 26.4 Å². The van der Waals surface area contributed by atoms with Crippen LogP contribution in [-0.4, -0.2) is 66.0 Å². The zero-order valence-corrected chi connectivity index (χ0v) is 38.4. The van der Waals surface area contributed by atoms with Crippen molar-refractivity contribution in [2.45, 2.75) is 14.7 Å². The van der Waals surface area contributed by atoms with E-state index in [1.165, 1.54) is 0 Å². The van der Waals surface area contributed by atoms with Gasteiger partial charge in [-0.2, -0.15) is 0 Å².